The molecule has 0 aliphatic heterocycles. The topological polar surface area (TPSA) is 74.3 Å². The Morgan fingerprint density at radius 2 is 1.17 bits per heavy atom. The van der Waals surface area contributed by atoms with Gasteiger partial charge in [0.15, 0.2) is 5.78 Å². The van der Waals surface area contributed by atoms with E-state index in [1.54, 1.807) is 6.92 Å². The van der Waals surface area contributed by atoms with Crippen LogP contribution in [0.5, 0.6) is 0 Å². The number of carboxylic acid groups (broad SMARTS) is 1. The van der Waals surface area contributed by atoms with Crippen molar-refractivity contribution in [2.75, 3.05) is 0 Å². The third kappa shape index (κ3) is 13.9. The monoisotopic (exact) mass is 264 g/mol. The van der Waals surface area contributed by atoms with Gasteiger partial charge in [0, 0.05) is 12.8 Å². The molecule has 0 aromatic carbocycles. The van der Waals surface area contributed by atoms with Crippen molar-refractivity contribution in [3.63, 3.8) is 0 Å². The molecule has 98 valence electrons. The minimum Gasteiger partial charge on any atom is -0.542 e. The number of Topliss-reactive ketones (excluding diaryl/α,β-unsaturated/α-hetero) is 2. The number of aliphatic carboxylic acids is 1. The van der Waals surface area contributed by atoms with Gasteiger partial charge < -0.3 is 14.7 Å². The number of rotatable bonds is 11. The number of hydrogen-bond donors (Lipinski definition) is 0. The van der Waals surface area contributed by atoms with E-state index >= 15 is 0 Å². The van der Waals surface area contributed by atoms with Crippen LogP contribution < -0.4 is 34.7 Å². The maximum Gasteiger partial charge on any atom is 1.00 e. The van der Waals surface area contributed by atoms with Gasteiger partial charge in [-0.3, -0.25) is 4.79 Å². The summed E-state index contributed by atoms with van der Waals surface area (Å²) in [4.78, 5) is 31.4. The van der Waals surface area contributed by atoms with Crippen molar-refractivity contribution in [2.45, 2.75) is 64.7 Å². The molecule has 0 atom stereocenters. The first kappa shape index (κ1) is 20.1. The number of ketones is 2. The van der Waals surface area contributed by atoms with E-state index in [1.165, 1.54) is 0 Å². The molecule has 0 saturated heterocycles. The molecule has 0 aromatic heterocycles. The summed E-state index contributed by atoms with van der Waals surface area (Å²) >= 11 is 0. The second kappa shape index (κ2) is 13.2. The first-order valence-electron chi connectivity index (χ1n) is 6.27. The Labute approximate surface area is 131 Å². The summed E-state index contributed by atoms with van der Waals surface area (Å²) in [5, 5.41) is 10.1. The van der Waals surface area contributed by atoms with E-state index in [0.29, 0.717) is 12.8 Å². The van der Waals surface area contributed by atoms with Crippen molar-refractivity contribution in [1.29, 1.82) is 0 Å². The van der Waals surface area contributed by atoms with Gasteiger partial charge in [-0.15, -0.1) is 0 Å². The molecule has 0 unspecified atom stereocenters. The van der Waals surface area contributed by atoms with Crippen LogP contribution in [0.15, 0.2) is 0 Å². The fourth-order valence-electron chi connectivity index (χ4n) is 1.65. The minimum absolute atomic E-state index is 0. The van der Waals surface area contributed by atoms with Crippen molar-refractivity contribution in [2.24, 2.45) is 0 Å². The molecule has 0 saturated carbocycles. The molecule has 0 aromatic rings. The minimum atomic E-state index is -1.57. The van der Waals surface area contributed by atoms with Crippen molar-refractivity contribution in [3.8, 4) is 0 Å². The Bertz CT molecular complexity index is 264. The molecular weight excluding hydrogens is 243 g/mol. The van der Waals surface area contributed by atoms with Gasteiger partial charge in [-0.05, 0) is 19.8 Å². The fraction of sp³-hybridized carbons (Fsp3) is 0.769. The summed E-state index contributed by atoms with van der Waals surface area (Å²) in [6.07, 6.45) is 7.48. The van der Waals surface area contributed by atoms with Gasteiger partial charge in [-0.2, -0.15) is 0 Å². The molecular formula is C13H21NaO4. The van der Waals surface area contributed by atoms with Gasteiger partial charge in [-0.25, -0.2) is 0 Å². The first-order valence-corrected chi connectivity index (χ1v) is 6.27. The Morgan fingerprint density at radius 1 is 0.778 bits per heavy atom. The molecule has 0 bridgehead atoms. The molecule has 0 fully saturated rings. The third-order valence-corrected chi connectivity index (χ3v) is 2.66. The SMILES string of the molecule is CC(=O)CCCCCCCCCC(=O)C(=O)[O-].[Na+]. The summed E-state index contributed by atoms with van der Waals surface area (Å²) in [6, 6.07) is 0. The van der Waals surface area contributed by atoms with Gasteiger partial charge in [0.25, 0.3) is 0 Å². The van der Waals surface area contributed by atoms with E-state index in [0.717, 1.165) is 38.5 Å². The van der Waals surface area contributed by atoms with Gasteiger partial charge in [0.05, 0.1) is 0 Å². The van der Waals surface area contributed by atoms with E-state index in [-0.39, 0.29) is 41.8 Å². The standard InChI is InChI=1S/C13H22O4.Na/c1-11(14)9-7-5-3-2-4-6-8-10-12(15)13(16)17;/h2-10H2,1H3,(H,16,17);/q;+1/p-1. The summed E-state index contributed by atoms with van der Waals surface area (Å²) < 4.78 is 0. The maximum atomic E-state index is 10.7. The Balaban J connectivity index is 0. The summed E-state index contributed by atoms with van der Waals surface area (Å²) in [5.41, 5.74) is 0. The average Bonchev–Trinajstić information content (AvgIpc) is 2.25. The van der Waals surface area contributed by atoms with Crippen molar-refractivity contribution < 1.29 is 49.0 Å². The Hall–Kier alpha value is -0.190. The molecule has 0 aliphatic rings. The number of carboxylic acids is 1. The number of hydrogen-bond acceptors (Lipinski definition) is 4. The summed E-state index contributed by atoms with van der Waals surface area (Å²) in [5.74, 6) is -2.13. The second-order valence-corrected chi connectivity index (χ2v) is 4.39. The van der Waals surface area contributed by atoms with E-state index in [1.807, 2.05) is 0 Å². The van der Waals surface area contributed by atoms with Crippen molar-refractivity contribution >= 4 is 17.5 Å². The summed E-state index contributed by atoms with van der Waals surface area (Å²) in [7, 11) is 0. The zero-order chi connectivity index (χ0) is 13.1. The van der Waals surface area contributed by atoms with Crippen LogP contribution in [0.3, 0.4) is 0 Å². The van der Waals surface area contributed by atoms with E-state index in [4.69, 9.17) is 0 Å². The molecule has 18 heavy (non-hydrogen) atoms. The van der Waals surface area contributed by atoms with Gasteiger partial charge in [-0.1, -0.05) is 32.1 Å². The molecule has 0 amide bonds. The molecule has 4 nitrogen and oxygen atoms in total. The van der Waals surface area contributed by atoms with Gasteiger partial charge in [0.1, 0.15) is 11.8 Å². The molecule has 0 spiro atoms. The van der Waals surface area contributed by atoms with E-state index in [2.05, 4.69) is 0 Å². The molecule has 0 rings (SSSR count). The van der Waals surface area contributed by atoms with Crippen LogP contribution >= 0.6 is 0 Å². The third-order valence-electron chi connectivity index (χ3n) is 2.66. The average molecular weight is 264 g/mol. The Kier molecular flexibility index (Phi) is 14.8. The number of carbonyl (C=O) groups excluding carboxylic acids is 3. The van der Waals surface area contributed by atoms with Crippen LogP contribution in [0.4, 0.5) is 0 Å². The predicted octanol–water partition coefficient (Wildman–Crippen LogP) is -1.59. The quantitative estimate of drug-likeness (QED) is 0.256. The Morgan fingerprint density at radius 3 is 1.56 bits per heavy atom. The zero-order valence-corrected chi connectivity index (χ0v) is 13.5. The van der Waals surface area contributed by atoms with Crippen molar-refractivity contribution in [1.82, 2.24) is 0 Å². The van der Waals surface area contributed by atoms with Crippen molar-refractivity contribution in [3.05, 3.63) is 0 Å². The molecule has 0 aliphatic carbocycles. The number of unbranched alkanes of at least 4 members (excludes halogenated alkanes) is 6. The van der Waals surface area contributed by atoms with E-state index in [9.17, 15) is 19.5 Å². The second-order valence-electron chi connectivity index (χ2n) is 4.39. The van der Waals surface area contributed by atoms with Crippen LogP contribution in [-0.4, -0.2) is 17.5 Å². The fourth-order valence-corrected chi connectivity index (χ4v) is 1.65. The zero-order valence-electron chi connectivity index (χ0n) is 11.5. The van der Waals surface area contributed by atoms with Crippen LogP contribution in [0.25, 0.3) is 0 Å². The number of carbonyl (C=O) groups is 3. The predicted molar refractivity (Wildman–Crippen MR) is 62.2 cm³/mol. The molecule has 0 heterocycles. The van der Waals surface area contributed by atoms with E-state index < -0.39 is 11.8 Å². The first-order chi connectivity index (χ1) is 8.04. The molecule has 0 N–H and O–H groups in total. The largest absolute Gasteiger partial charge is 1.00 e. The van der Waals surface area contributed by atoms with Crippen LogP contribution in [0.2, 0.25) is 0 Å². The van der Waals surface area contributed by atoms with Crippen LogP contribution in [-0.2, 0) is 14.4 Å². The molecule has 5 heteroatoms. The molecule has 0 radical (unpaired) electrons. The van der Waals surface area contributed by atoms with Gasteiger partial charge >= 0.3 is 29.6 Å². The normalized spacial score (nSPS) is 9.61. The smallest absolute Gasteiger partial charge is 0.542 e. The summed E-state index contributed by atoms with van der Waals surface area (Å²) in [6.45, 7) is 1.61. The van der Waals surface area contributed by atoms with Gasteiger partial charge in [0.2, 0.25) is 0 Å². The van der Waals surface area contributed by atoms with Crippen LogP contribution in [0, 0.1) is 0 Å². The maximum absolute atomic E-state index is 10.7. The van der Waals surface area contributed by atoms with Crippen LogP contribution in [0.1, 0.15) is 64.7 Å².